The van der Waals surface area contributed by atoms with Gasteiger partial charge >= 0.3 is 5.97 Å². The predicted octanol–water partition coefficient (Wildman–Crippen LogP) is 1.11. The fourth-order valence-electron chi connectivity index (χ4n) is 2.66. The Labute approximate surface area is 113 Å². The van der Waals surface area contributed by atoms with E-state index in [1.807, 2.05) is 12.1 Å². The van der Waals surface area contributed by atoms with Crippen molar-refractivity contribution in [3.8, 4) is 0 Å². The second-order valence-electron chi connectivity index (χ2n) is 5.68. The van der Waals surface area contributed by atoms with Crippen molar-refractivity contribution in [2.24, 2.45) is 0 Å². The molecule has 1 aliphatic heterocycles. The van der Waals surface area contributed by atoms with Gasteiger partial charge < -0.3 is 10.4 Å². The SMILES string of the molecule is CC1(C)CNCC(CC(=O)O)N1Cc1ccncc1. The van der Waals surface area contributed by atoms with Crippen LogP contribution in [0, 0.1) is 0 Å². The highest BCUT2D eigenvalue weighted by Gasteiger charge is 2.36. The smallest absolute Gasteiger partial charge is 0.304 e. The topological polar surface area (TPSA) is 65.5 Å². The number of aromatic nitrogens is 1. The van der Waals surface area contributed by atoms with E-state index in [9.17, 15) is 4.79 Å². The Hall–Kier alpha value is -1.46. The molecule has 19 heavy (non-hydrogen) atoms. The van der Waals surface area contributed by atoms with Crippen LogP contribution in [0.2, 0.25) is 0 Å². The third kappa shape index (κ3) is 3.52. The van der Waals surface area contributed by atoms with E-state index in [1.54, 1.807) is 12.4 Å². The summed E-state index contributed by atoms with van der Waals surface area (Å²) in [6, 6.07) is 3.99. The number of aliphatic carboxylic acids is 1. The number of hydrogen-bond acceptors (Lipinski definition) is 4. The third-order valence-corrected chi connectivity index (χ3v) is 3.67. The van der Waals surface area contributed by atoms with Crippen molar-refractivity contribution >= 4 is 5.97 Å². The molecule has 0 amide bonds. The normalized spacial score (nSPS) is 23.2. The molecule has 1 fully saturated rings. The zero-order valence-electron chi connectivity index (χ0n) is 11.5. The number of nitrogens with one attached hydrogen (secondary N) is 1. The van der Waals surface area contributed by atoms with Crippen molar-refractivity contribution in [3.63, 3.8) is 0 Å². The quantitative estimate of drug-likeness (QED) is 0.852. The van der Waals surface area contributed by atoms with E-state index in [0.29, 0.717) is 0 Å². The first kappa shape index (κ1) is 14.0. The van der Waals surface area contributed by atoms with Gasteiger partial charge in [-0.3, -0.25) is 14.7 Å². The van der Waals surface area contributed by atoms with E-state index in [0.717, 1.165) is 19.6 Å². The molecule has 0 aromatic carbocycles. The second kappa shape index (κ2) is 5.67. The summed E-state index contributed by atoms with van der Waals surface area (Å²) in [7, 11) is 0. The minimum Gasteiger partial charge on any atom is -0.481 e. The lowest BCUT2D eigenvalue weighted by molar-refractivity contribution is -0.139. The standard InChI is InChI=1S/C14H21N3O2/c1-14(2)10-16-8-12(7-13(18)19)17(14)9-11-3-5-15-6-4-11/h3-6,12,16H,7-10H2,1-2H3,(H,18,19). The van der Waals surface area contributed by atoms with Crippen LogP contribution in [0.5, 0.6) is 0 Å². The van der Waals surface area contributed by atoms with Gasteiger partial charge in [-0.25, -0.2) is 0 Å². The Bertz CT molecular complexity index is 434. The summed E-state index contributed by atoms with van der Waals surface area (Å²) in [5.41, 5.74) is 1.11. The average molecular weight is 263 g/mol. The molecular weight excluding hydrogens is 242 g/mol. The maximum atomic E-state index is 11.0. The van der Waals surface area contributed by atoms with Crippen LogP contribution in [0.25, 0.3) is 0 Å². The molecule has 2 N–H and O–H groups in total. The summed E-state index contributed by atoms with van der Waals surface area (Å²) >= 11 is 0. The predicted molar refractivity (Wildman–Crippen MR) is 72.8 cm³/mol. The zero-order chi connectivity index (χ0) is 13.9. The highest BCUT2D eigenvalue weighted by atomic mass is 16.4. The molecule has 2 rings (SSSR count). The molecule has 0 spiro atoms. The van der Waals surface area contributed by atoms with Crippen molar-refractivity contribution in [1.29, 1.82) is 0 Å². The van der Waals surface area contributed by atoms with Crippen LogP contribution < -0.4 is 5.32 Å². The first-order chi connectivity index (χ1) is 8.99. The van der Waals surface area contributed by atoms with Gasteiger partial charge in [0.15, 0.2) is 0 Å². The van der Waals surface area contributed by atoms with Gasteiger partial charge in [0.05, 0.1) is 6.42 Å². The molecule has 2 heterocycles. The average Bonchev–Trinajstić information content (AvgIpc) is 2.34. The van der Waals surface area contributed by atoms with Gasteiger partial charge in [0.25, 0.3) is 0 Å². The largest absolute Gasteiger partial charge is 0.481 e. The fraction of sp³-hybridized carbons (Fsp3) is 0.571. The van der Waals surface area contributed by atoms with Crippen LogP contribution in [-0.4, -0.2) is 45.6 Å². The van der Waals surface area contributed by atoms with E-state index in [2.05, 4.69) is 29.0 Å². The Balaban J connectivity index is 2.16. The van der Waals surface area contributed by atoms with E-state index < -0.39 is 5.97 Å². The zero-order valence-corrected chi connectivity index (χ0v) is 11.5. The van der Waals surface area contributed by atoms with Gasteiger partial charge in [0.2, 0.25) is 0 Å². The summed E-state index contributed by atoms with van der Waals surface area (Å²) in [6.45, 7) is 6.65. The summed E-state index contributed by atoms with van der Waals surface area (Å²) in [5.74, 6) is -0.746. The number of rotatable bonds is 4. The molecule has 0 aliphatic carbocycles. The summed E-state index contributed by atoms with van der Waals surface area (Å²) in [6.07, 6.45) is 3.72. The van der Waals surface area contributed by atoms with E-state index in [1.165, 1.54) is 5.56 Å². The summed E-state index contributed by atoms with van der Waals surface area (Å²) in [5, 5.41) is 12.4. The number of pyridine rings is 1. The Morgan fingerprint density at radius 2 is 2.21 bits per heavy atom. The van der Waals surface area contributed by atoms with Crippen LogP contribution in [0.15, 0.2) is 24.5 Å². The molecule has 1 atom stereocenters. The van der Waals surface area contributed by atoms with Crippen molar-refractivity contribution in [3.05, 3.63) is 30.1 Å². The molecule has 0 radical (unpaired) electrons. The number of piperazine rings is 1. The molecule has 104 valence electrons. The van der Waals surface area contributed by atoms with Crippen molar-refractivity contribution in [1.82, 2.24) is 15.2 Å². The lowest BCUT2D eigenvalue weighted by Crippen LogP contribution is -2.62. The maximum absolute atomic E-state index is 11.0. The lowest BCUT2D eigenvalue weighted by atomic mass is 9.94. The fourth-order valence-corrected chi connectivity index (χ4v) is 2.66. The number of hydrogen-bond donors (Lipinski definition) is 2. The first-order valence-electron chi connectivity index (χ1n) is 6.57. The highest BCUT2D eigenvalue weighted by molar-refractivity contribution is 5.67. The van der Waals surface area contributed by atoms with Crippen molar-refractivity contribution in [2.75, 3.05) is 13.1 Å². The molecule has 1 saturated heterocycles. The molecule has 1 aliphatic rings. The Morgan fingerprint density at radius 1 is 1.53 bits per heavy atom. The molecule has 1 unspecified atom stereocenters. The Morgan fingerprint density at radius 3 is 2.84 bits per heavy atom. The van der Waals surface area contributed by atoms with E-state index in [4.69, 9.17) is 5.11 Å². The molecular formula is C14H21N3O2. The van der Waals surface area contributed by atoms with Crippen LogP contribution in [0.3, 0.4) is 0 Å². The molecule has 5 heteroatoms. The van der Waals surface area contributed by atoms with E-state index >= 15 is 0 Å². The summed E-state index contributed by atoms with van der Waals surface area (Å²) in [4.78, 5) is 17.3. The van der Waals surface area contributed by atoms with Crippen molar-refractivity contribution in [2.45, 2.75) is 38.4 Å². The minimum atomic E-state index is -0.746. The van der Waals surface area contributed by atoms with Gasteiger partial charge in [-0.2, -0.15) is 0 Å². The van der Waals surface area contributed by atoms with Gasteiger partial charge in [0, 0.05) is 43.6 Å². The van der Waals surface area contributed by atoms with Crippen LogP contribution in [0.4, 0.5) is 0 Å². The van der Waals surface area contributed by atoms with Gasteiger partial charge in [-0.1, -0.05) is 0 Å². The summed E-state index contributed by atoms with van der Waals surface area (Å²) < 4.78 is 0. The third-order valence-electron chi connectivity index (χ3n) is 3.67. The minimum absolute atomic E-state index is 0.0226. The number of carboxylic acids is 1. The van der Waals surface area contributed by atoms with Crippen LogP contribution in [-0.2, 0) is 11.3 Å². The van der Waals surface area contributed by atoms with Crippen LogP contribution in [0.1, 0.15) is 25.8 Å². The maximum Gasteiger partial charge on any atom is 0.304 e. The first-order valence-corrected chi connectivity index (χ1v) is 6.57. The second-order valence-corrected chi connectivity index (χ2v) is 5.68. The highest BCUT2D eigenvalue weighted by Crippen LogP contribution is 2.25. The van der Waals surface area contributed by atoms with Crippen molar-refractivity contribution < 1.29 is 9.90 Å². The lowest BCUT2D eigenvalue weighted by Gasteiger charge is -2.48. The van der Waals surface area contributed by atoms with E-state index in [-0.39, 0.29) is 18.0 Å². The van der Waals surface area contributed by atoms with Gasteiger partial charge in [0.1, 0.15) is 0 Å². The molecule has 0 bridgehead atoms. The monoisotopic (exact) mass is 263 g/mol. The molecule has 1 aromatic rings. The Kier molecular flexibility index (Phi) is 4.17. The van der Waals surface area contributed by atoms with Gasteiger partial charge in [-0.05, 0) is 31.5 Å². The molecule has 1 aromatic heterocycles. The molecule has 5 nitrogen and oxygen atoms in total. The number of carbonyl (C=O) groups is 1. The molecule has 0 saturated carbocycles. The van der Waals surface area contributed by atoms with Crippen LogP contribution >= 0.6 is 0 Å². The number of carboxylic acid groups (broad SMARTS) is 1. The number of nitrogens with zero attached hydrogens (tertiary/aromatic N) is 2. The van der Waals surface area contributed by atoms with Gasteiger partial charge in [-0.15, -0.1) is 0 Å².